The van der Waals surface area contributed by atoms with Crippen LogP contribution in [0.25, 0.3) is 0 Å². The molecule has 0 spiro atoms. The number of amides is 1. The number of carbonyl (C=O) groups excluding carboxylic acids is 2. The van der Waals surface area contributed by atoms with Gasteiger partial charge in [0.25, 0.3) is 11.5 Å². The second-order valence-corrected chi connectivity index (χ2v) is 4.02. The summed E-state index contributed by atoms with van der Waals surface area (Å²) in [6.45, 7) is 0.349. The Morgan fingerprint density at radius 3 is 2.68 bits per heavy atom. The largest absolute Gasteiger partial charge is 0.494 e. The van der Waals surface area contributed by atoms with Crippen molar-refractivity contribution in [2.24, 2.45) is 0 Å². The van der Waals surface area contributed by atoms with Crippen molar-refractivity contribution in [3.05, 3.63) is 28.0 Å². The van der Waals surface area contributed by atoms with Crippen molar-refractivity contribution >= 4 is 11.9 Å². The van der Waals surface area contributed by atoms with Gasteiger partial charge in [0.2, 0.25) is 0 Å². The third-order valence-electron chi connectivity index (χ3n) is 2.53. The van der Waals surface area contributed by atoms with Crippen molar-refractivity contribution < 1.29 is 19.4 Å². The number of rotatable bonds is 5. The van der Waals surface area contributed by atoms with Crippen molar-refractivity contribution in [3.8, 4) is 5.88 Å². The monoisotopic (exact) mass is 268 g/mol. The number of esters is 1. The molecule has 0 aliphatic heterocycles. The molecule has 0 bridgehead atoms. The van der Waals surface area contributed by atoms with E-state index in [2.05, 4.69) is 9.72 Å². The van der Waals surface area contributed by atoms with Crippen molar-refractivity contribution in [2.45, 2.75) is 12.8 Å². The van der Waals surface area contributed by atoms with E-state index in [1.165, 1.54) is 18.1 Å². The summed E-state index contributed by atoms with van der Waals surface area (Å²) in [6, 6.07) is 2.29. The molecule has 0 unspecified atom stereocenters. The van der Waals surface area contributed by atoms with Gasteiger partial charge in [-0.15, -0.1) is 0 Å². The lowest BCUT2D eigenvalue weighted by molar-refractivity contribution is -0.140. The second-order valence-electron chi connectivity index (χ2n) is 4.02. The zero-order chi connectivity index (χ0) is 14.4. The molecule has 1 aromatic rings. The molecule has 1 heterocycles. The van der Waals surface area contributed by atoms with Gasteiger partial charge in [-0.1, -0.05) is 0 Å². The summed E-state index contributed by atoms with van der Waals surface area (Å²) >= 11 is 0. The van der Waals surface area contributed by atoms with Crippen LogP contribution in [0.3, 0.4) is 0 Å². The zero-order valence-corrected chi connectivity index (χ0v) is 10.8. The quantitative estimate of drug-likeness (QED) is 0.738. The normalized spacial score (nSPS) is 10.0. The molecule has 0 aliphatic rings. The van der Waals surface area contributed by atoms with Gasteiger partial charge in [0.15, 0.2) is 5.88 Å². The maximum absolute atomic E-state index is 11.9. The summed E-state index contributed by atoms with van der Waals surface area (Å²) in [6.07, 6.45) is 0.679. The van der Waals surface area contributed by atoms with Gasteiger partial charge in [0.1, 0.15) is 0 Å². The Bertz CT molecular complexity index is 523. The molecule has 0 aliphatic carbocycles. The number of hydrogen-bond acceptors (Lipinski definition) is 5. The van der Waals surface area contributed by atoms with Crippen LogP contribution >= 0.6 is 0 Å². The third-order valence-corrected chi connectivity index (χ3v) is 2.53. The molecule has 104 valence electrons. The Morgan fingerprint density at radius 1 is 1.42 bits per heavy atom. The summed E-state index contributed by atoms with van der Waals surface area (Å²) in [5.41, 5.74) is -0.451. The SMILES string of the molecule is COC(=O)CCCN(C)C(=O)c1cc(O)[nH]c(=O)c1. The van der Waals surface area contributed by atoms with Crippen LogP contribution in [0, 0.1) is 0 Å². The number of nitrogens with one attached hydrogen (secondary N) is 1. The van der Waals surface area contributed by atoms with E-state index in [1.54, 1.807) is 7.05 Å². The van der Waals surface area contributed by atoms with Crippen LogP contribution < -0.4 is 5.56 Å². The molecule has 19 heavy (non-hydrogen) atoms. The predicted octanol–water partition coefficient (Wildman–Crippen LogP) is 0.106. The van der Waals surface area contributed by atoms with Gasteiger partial charge in [0, 0.05) is 32.1 Å². The number of aromatic hydroxyl groups is 1. The van der Waals surface area contributed by atoms with E-state index in [-0.39, 0.29) is 23.8 Å². The smallest absolute Gasteiger partial charge is 0.305 e. The topological polar surface area (TPSA) is 99.7 Å². The highest BCUT2D eigenvalue weighted by Crippen LogP contribution is 2.07. The number of hydrogen-bond donors (Lipinski definition) is 2. The van der Waals surface area contributed by atoms with E-state index >= 15 is 0 Å². The fraction of sp³-hybridized carbons (Fsp3) is 0.417. The average molecular weight is 268 g/mol. The maximum atomic E-state index is 11.9. The molecule has 7 nitrogen and oxygen atoms in total. The maximum Gasteiger partial charge on any atom is 0.305 e. The lowest BCUT2D eigenvalue weighted by Gasteiger charge is -2.16. The summed E-state index contributed by atoms with van der Waals surface area (Å²) in [5.74, 6) is -1.10. The van der Waals surface area contributed by atoms with Crippen LogP contribution in [0.5, 0.6) is 5.88 Å². The van der Waals surface area contributed by atoms with Gasteiger partial charge in [0.05, 0.1) is 12.7 Å². The second kappa shape index (κ2) is 6.58. The lowest BCUT2D eigenvalue weighted by Crippen LogP contribution is -2.29. The van der Waals surface area contributed by atoms with Crippen molar-refractivity contribution in [3.63, 3.8) is 0 Å². The number of H-pyrrole nitrogens is 1. The number of aromatic nitrogens is 1. The number of carbonyl (C=O) groups is 2. The van der Waals surface area contributed by atoms with Gasteiger partial charge in [-0.25, -0.2) is 0 Å². The third kappa shape index (κ3) is 4.46. The molecule has 0 atom stereocenters. The fourth-order valence-electron chi connectivity index (χ4n) is 1.54. The number of ether oxygens (including phenoxy) is 1. The molecule has 0 fully saturated rings. The van der Waals surface area contributed by atoms with Gasteiger partial charge in [-0.3, -0.25) is 19.4 Å². The number of pyridine rings is 1. The van der Waals surface area contributed by atoms with E-state index in [4.69, 9.17) is 0 Å². The first-order valence-electron chi connectivity index (χ1n) is 5.69. The molecule has 2 N–H and O–H groups in total. The molecule has 0 saturated carbocycles. The Labute approximate surface area is 109 Å². The average Bonchev–Trinajstić information content (AvgIpc) is 2.36. The number of methoxy groups -OCH3 is 1. The van der Waals surface area contributed by atoms with Crippen molar-refractivity contribution in [1.82, 2.24) is 9.88 Å². The molecule has 7 heteroatoms. The van der Waals surface area contributed by atoms with Crippen LogP contribution in [0.1, 0.15) is 23.2 Å². The molecule has 0 aromatic carbocycles. The Balaban J connectivity index is 2.61. The highest BCUT2D eigenvalue weighted by atomic mass is 16.5. The Kier molecular flexibility index (Phi) is 5.11. The molecular formula is C12H16N2O5. The molecule has 1 aromatic heterocycles. The van der Waals surface area contributed by atoms with Crippen molar-refractivity contribution in [1.29, 1.82) is 0 Å². The molecular weight excluding hydrogens is 252 g/mol. The lowest BCUT2D eigenvalue weighted by atomic mass is 10.2. The predicted molar refractivity (Wildman–Crippen MR) is 66.9 cm³/mol. The number of nitrogens with zero attached hydrogens (tertiary/aromatic N) is 1. The Hall–Kier alpha value is -2.31. The molecule has 0 radical (unpaired) electrons. The highest BCUT2D eigenvalue weighted by Gasteiger charge is 2.13. The fourth-order valence-corrected chi connectivity index (χ4v) is 1.54. The first-order chi connectivity index (χ1) is 8.93. The van der Waals surface area contributed by atoms with Crippen LogP contribution in [-0.4, -0.2) is 47.6 Å². The zero-order valence-electron chi connectivity index (χ0n) is 10.8. The first kappa shape index (κ1) is 14.7. The van der Waals surface area contributed by atoms with E-state index in [1.807, 2.05) is 0 Å². The Morgan fingerprint density at radius 2 is 2.11 bits per heavy atom. The molecule has 1 amide bonds. The standard InChI is InChI=1S/C12H16N2O5/c1-14(5-3-4-11(17)19-2)12(18)8-6-9(15)13-10(16)7-8/h6-7H,3-5H2,1-2H3,(H2,13,15,16). The minimum Gasteiger partial charge on any atom is -0.494 e. The highest BCUT2D eigenvalue weighted by molar-refractivity contribution is 5.94. The first-order valence-corrected chi connectivity index (χ1v) is 5.69. The van der Waals surface area contributed by atoms with Gasteiger partial charge in [-0.2, -0.15) is 0 Å². The minimum absolute atomic E-state index is 0.0989. The summed E-state index contributed by atoms with van der Waals surface area (Å²) in [7, 11) is 2.86. The van der Waals surface area contributed by atoms with Crippen LogP contribution in [0.2, 0.25) is 0 Å². The van der Waals surface area contributed by atoms with E-state index in [9.17, 15) is 19.5 Å². The van der Waals surface area contributed by atoms with Gasteiger partial charge < -0.3 is 14.7 Å². The summed E-state index contributed by atoms with van der Waals surface area (Å²) in [5, 5.41) is 9.22. The van der Waals surface area contributed by atoms with Crippen molar-refractivity contribution in [2.75, 3.05) is 20.7 Å². The van der Waals surface area contributed by atoms with E-state index in [0.29, 0.717) is 13.0 Å². The molecule has 0 saturated heterocycles. The van der Waals surface area contributed by atoms with E-state index in [0.717, 1.165) is 6.07 Å². The summed E-state index contributed by atoms with van der Waals surface area (Å²) in [4.78, 5) is 37.5. The summed E-state index contributed by atoms with van der Waals surface area (Å²) < 4.78 is 4.49. The minimum atomic E-state index is -0.550. The number of aromatic amines is 1. The van der Waals surface area contributed by atoms with Crippen LogP contribution in [0.15, 0.2) is 16.9 Å². The van der Waals surface area contributed by atoms with Crippen LogP contribution in [0.4, 0.5) is 0 Å². The van der Waals surface area contributed by atoms with Crippen LogP contribution in [-0.2, 0) is 9.53 Å². The molecule has 1 rings (SSSR count). The van der Waals surface area contributed by atoms with Gasteiger partial charge in [-0.05, 0) is 6.42 Å². The van der Waals surface area contributed by atoms with E-state index < -0.39 is 11.5 Å². The van der Waals surface area contributed by atoms with Gasteiger partial charge >= 0.3 is 5.97 Å².